The standard InChI is InChI=1S/C31H30FN9O3/c1-38(2)10-3-4-28(42)39-12-13-40-20(16-39)17-43-30-26(40)8-7-25-29(30)31(35-18-33-25)37-24-6-5-21(14-23(24)32)44-22-9-11-41-27(15-22)34-19-36-41/h3-9,11,14-15,18-20H,10,12-13,16-17H2,1-2H3,(H,33,35,37)/b4-3+. The van der Waals surface area contributed by atoms with Gasteiger partial charge in [0.2, 0.25) is 5.91 Å². The van der Waals surface area contributed by atoms with Crippen molar-refractivity contribution in [2.45, 2.75) is 6.04 Å². The van der Waals surface area contributed by atoms with Crippen molar-refractivity contribution >= 4 is 39.6 Å². The van der Waals surface area contributed by atoms with Gasteiger partial charge in [-0.15, -0.1) is 0 Å². The van der Waals surface area contributed by atoms with Gasteiger partial charge in [-0.3, -0.25) is 4.79 Å². The molecule has 0 saturated carbocycles. The van der Waals surface area contributed by atoms with E-state index in [4.69, 9.17) is 9.47 Å². The van der Waals surface area contributed by atoms with Crippen molar-refractivity contribution in [1.29, 1.82) is 0 Å². The van der Waals surface area contributed by atoms with Gasteiger partial charge in [-0.2, -0.15) is 5.10 Å². The maximum absolute atomic E-state index is 15.3. The third-order valence-electron chi connectivity index (χ3n) is 7.67. The molecule has 1 saturated heterocycles. The quantitative estimate of drug-likeness (QED) is 0.278. The van der Waals surface area contributed by atoms with Gasteiger partial charge in [-0.25, -0.2) is 23.9 Å². The number of amides is 1. The van der Waals surface area contributed by atoms with Gasteiger partial charge in [0.15, 0.2) is 11.4 Å². The highest BCUT2D eigenvalue weighted by atomic mass is 19.1. The molecule has 5 heterocycles. The van der Waals surface area contributed by atoms with E-state index < -0.39 is 5.82 Å². The third-order valence-corrected chi connectivity index (χ3v) is 7.67. The predicted octanol–water partition coefficient (Wildman–Crippen LogP) is 3.87. The van der Waals surface area contributed by atoms with Gasteiger partial charge < -0.3 is 29.5 Å². The Morgan fingerprint density at radius 1 is 1.11 bits per heavy atom. The van der Waals surface area contributed by atoms with Crippen LogP contribution in [-0.4, -0.2) is 93.2 Å². The number of benzene rings is 2. The fraction of sp³-hybridized carbons (Fsp3) is 0.258. The molecule has 1 amide bonds. The van der Waals surface area contributed by atoms with Crippen molar-refractivity contribution in [3.8, 4) is 17.2 Å². The van der Waals surface area contributed by atoms with Crippen LogP contribution in [0.2, 0.25) is 0 Å². The SMILES string of the molecule is CN(C)C/C=C/C(=O)N1CCN2c3ccc4ncnc(Nc5ccc(Oc6ccn7ncnc7c6)cc5F)c4c3OCC2C1. The van der Waals surface area contributed by atoms with Crippen LogP contribution in [0.5, 0.6) is 17.2 Å². The van der Waals surface area contributed by atoms with Crippen molar-refractivity contribution in [2.75, 3.05) is 57.1 Å². The Labute approximate surface area is 252 Å². The molecule has 1 unspecified atom stereocenters. The molecule has 2 aromatic carbocycles. The number of rotatable bonds is 7. The van der Waals surface area contributed by atoms with Gasteiger partial charge >= 0.3 is 0 Å². The molecular formula is C31H30FN9O3. The van der Waals surface area contributed by atoms with Crippen molar-refractivity contribution in [2.24, 2.45) is 0 Å². The second-order valence-electron chi connectivity index (χ2n) is 10.9. The lowest BCUT2D eigenvalue weighted by Crippen LogP contribution is -2.58. The summed E-state index contributed by atoms with van der Waals surface area (Å²) in [5.41, 5.74) is 2.42. The summed E-state index contributed by atoms with van der Waals surface area (Å²) in [5, 5.41) is 7.86. The first-order chi connectivity index (χ1) is 21.4. The van der Waals surface area contributed by atoms with Gasteiger partial charge in [-0.1, -0.05) is 6.08 Å². The van der Waals surface area contributed by atoms with Gasteiger partial charge in [0.25, 0.3) is 0 Å². The minimum Gasteiger partial charge on any atom is -0.488 e. The Balaban J connectivity index is 1.11. The second-order valence-corrected chi connectivity index (χ2v) is 10.9. The molecular weight excluding hydrogens is 565 g/mol. The molecule has 13 heteroatoms. The minimum absolute atomic E-state index is 0.00512. The van der Waals surface area contributed by atoms with E-state index in [0.717, 1.165) is 5.69 Å². The van der Waals surface area contributed by atoms with E-state index in [1.807, 2.05) is 42.1 Å². The number of likely N-dealkylation sites (N-methyl/N-ethyl adjacent to an activating group) is 1. The summed E-state index contributed by atoms with van der Waals surface area (Å²) in [7, 11) is 3.93. The maximum atomic E-state index is 15.3. The number of fused-ring (bicyclic) bond motifs is 6. The Morgan fingerprint density at radius 2 is 2.00 bits per heavy atom. The highest BCUT2D eigenvalue weighted by Crippen LogP contribution is 2.43. The van der Waals surface area contributed by atoms with E-state index in [1.165, 1.54) is 18.7 Å². The van der Waals surface area contributed by atoms with Gasteiger partial charge in [0.1, 0.15) is 42.4 Å². The number of hydrogen-bond acceptors (Lipinski definition) is 10. The number of aromatic nitrogens is 5. The molecule has 2 aliphatic rings. The van der Waals surface area contributed by atoms with E-state index in [0.29, 0.717) is 72.4 Å². The van der Waals surface area contributed by atoms with Crippen molar-refractivity contribution < 1.29 is 18.7 Å². The lowest BCUT2D eigenvalue weighted by molar-refractivity contribution is -0.127. The first-order valence-corrected chi connectivity index (χ1v) is 14.2. The zero-order valence-corrected chi connectivity index (χ0v) is 24.2. The van der Waals surface area contributed by atoms with Gasteiger partial charge in [0, 0.05) is 50.6 Å². The maximum Gasteiger partial charge on any atom is 0.246 e. The van der Waals surface area contributed by atoms with E-state index in [-0.39, 0.29) is 17.6 Å². The molecule has 3 aromatic heterocycles. The minimum atomic E-state index is -0.510. The van der Waals surface area contributed by atoms with Crippen LogP contribution in [0, 0.1) is 5.82 Å². The summed E-state index contributed by atoms with van der Waals surface area (Å²) in [4.78, 5) is 31.9. The van der Waals surface area contributed by atoms with Crippen LogP contribution in [0.25, 0.3) is 16.6 Å². The molecule has 1 fully saturated rings. The smallest absolute Gasteiger partial charge is 0.246 e. The fourth-order valence-electron chi connectivity index (χ4n) is 5.53. The lowest BCUT2D eigenvalue weighted by atomic mass is 10.1. The van der Waals surface area contributed by atoms with Crippen LogP contribution in [0.15, 0.2) is 73.5 Å². The van der Waals surface area contributed by atoms with E-state index in [9.17, 15) is 4.79 Å². The second kappa shape index (κ2) is 11.4. The number of halogens is 1. The summed E-state index contributed by atoms with van der Waals surface area (Å²) in [5.74, 6) is 1.41. The van der Waals surface area contributed by atoms with Crippen LogP contribution in [0.1, 0.15) is 0 Å². The van der Waals surface area contributed by atoms with Crippen LogP contribution >= 0.6 is 0 Å². The van der Waals surface area contributed by atoms with Crippen LogP contribution < -0.4 is 19.7 Å². The molecule has 1 N–H and O–H groups in total. The molecule has 2 aliphatic heterocycles. The molecule has 0 bridgehead atoms. The first kappa shape index (κ1) is 27.5. The number of piperazine rings is 1. The predicted molar refractivity (Wildman–Crippen MR) is 163 cm³/mol. The molecule has 0 aliphatic carbocycles. The Hall–Kier alpha value is -5.30. The molecule has 1 atom stereocenters. The number of anilines is 3. The molecule has 5 aromatic rings. The van der Waals surface area contributed by atoms with E-state index >= 15 is 4.39 Å². The number of pyridine rings is 1. The summed E-state index contributed by atoms with van der Waals surface area (Å²) in [6.45, 7) is 2.93. The zero-order valence-electron chi connectivity index (χ0n) is 24.2. The van der Waals surface area contributed by atoms with Crippen molar-refractivity contribution in [3.05, 3.63) is 79.3 Å². The number of nitrogens with one attached hydrogen (secondary N) is 1. The molecule has 224 valence electrons. The molecule has 0 radical (unpaired) electrons. The number of carbonyl (C=O) groups excluding carboxylic acids is 1. The first-order valence-electron chi connectivity index (χ1n) is 14.2. The van der Waals surface area contributed by atoms with Gasteiger partial charge in [0.05, 0.1) is 28.3 Å². The topological polar surface area (TPSA) is 113 Å². The zero-order chi connectivity index (χ0) is 30.2. The Bertz CT molecular complexity index is 1890. The van der Waals surface area contributed by atoms with E-state index in [2.05, 4.69) is 30.3 Å². The number of hydrogen-bond donors (Lipinski definition) is 1. The van der Waals surface area contributed by atoms with E-state index in [1.54, 1.807) is 41.1 Å². The number of carbonyl (C=O) groups is 1. The average Bonchev–Trinajstić information content (AvgIpc) is 3.49. The summed E-state index contributed by atoms with van der Waals surface area (Å²) < 4.78 is 29.1. The number of ether oxygens (including phenoxy) is 2. The average molecular weight is 596 g/mol. The summed E-state index contributed by atoms with van der Waals surface area (Å²) in [6, 6.07) is 11.9. The highest BCUT2D eigenvalue weighted by molar-refractivity contribution is 6.00. The fourth-order valence-corrected chi connectivity index (χ4v) is 5.53. The van der Waals surface area contributed by atoms with Crippen LogP contribution in [0.3, 0.4) is 0 Å². The highest BCUT2D eigenvalue weighted by Gasteiger charge is 2.35. The number of nitrogens with zero attached hydrogens (tertiary/aromatic N) is 8. The third kappa shape index (κ3) is 5.33. The normalized spacial score (nSPS) is 16.3. The van der Waals surface area contributed by atoms with Crippen molar-refractivity contribution in [3.63, 3.8) is 0 Å². The lowest BCUT2D eigenvalue weighted by Gasteiger charge is -2.45. The molecule has 12 nitrogen and oxygen atoms in total. The summed E-state index contributed by atoms with van der Waals surface area (Å²) in [6.07, 6.45) is 8.13. The molecule has 0 spiro atoms. The Morgan fingerprint density at radius 3 is 2.86 bits per heavy atom. The Kier molecular flexibility index (Phi) is 7.14. The van der Waals surface area contributed by atoms with Crippen LogP contribution in [-0.2, 0) is 4.79 Å². The molecule has 44 heavy (non-hydrogen) atoms. The van der Waals surface area contributed by atoms with Crippen molar-refractivity contribution in [1.82, 2.24) is 34.4 Å². The molecule has 7 rings (SSSR count). The van der Waals surface area contributed by atoms with Crippen LogP contribution in [0.4, 0.5) is 21.6 Å². The largest absolute Gasteiger partial charge is 0.488 e. The van der Waals surface area contributed by atoms with Gasteiger partial charge in [-0.05, 0) is 44.4 Å². The summed E-state index contributed by atoms with van der Waals surface area (Å²) >= 11 is 0. The monoisotopic (exact) mass is 595 g/mol.